The van der Waals surface area contributed by atoms with Gasteiger partial charge >= 0.3 is 0 Å². The lowest BCUT2D eigenvalue weighted by Gasteiger charge is -2.05. The van der Waals surface area contributed by atoms with E-state index in [0.29, 0.717) is 11.6 Å². The van der Waals surface area contributed by atoms with Gasteiger partial charge in [0.25, 0.3) is 0 Å². The van der Waals surface area contributed by atoms with Crippen molar-refractivity contribution in [3.8, 4) is 28.4 Å². The zero-order chi connectivity index (χ0) is 15.6. The number of rotatable bonds is 3. The Morgan fingerprint density at radius 3 is 2.52 bits per heavy atom. The monoisotopic (exact) mass is 303 g/mol. The van der Waals surface area contributed by atoms with Crippen molar-refractivity contribution in [3.05, 3.63) is 66.4 Å². The van der Waals surface area contributed by atoms with Gasteiger partial charge in [-0.25, -0.2) is 0 Å². The van der Waals surface area contributed by atoms with E-state index in [4.69, 9.17) is 4.52 Å². The third-order valence-corrected chi connectivity index (χ3v) is 3.67. The second kappa shape index (κ2) is 5.49. The first-order valence-corrected chi connectivity index (χ1v) is 7.19. The van der Waals surface area contributed by atoms with Crippen molar-refractivity contribution in [1.29, 1.82) is 0 Å². The summed E-state index contributed by atoms with van der Waals surface area (Å²) in [6.45, 7) is 2.03. The van der Waals surface area contributed by atoms with E-state index in [1.807, 2.05) is 61.5 Å². The van der Waals surface area contributed by atoms with Gasteiger partial charge < -0.3 is 4.52 Å². The number of nitrogens with zero attached hydrogens (tertiary/aromatic N) is 5. The molecular weight excluding hydrogens is 290 g/mol. The summed E-state index contributed by atoms with van der Waals surface area (Å²) in [4.78, 5) is 0. The van der Waals surface area contributed by atoms with Gasteiger partial charge in [-0.05, 0) is 35.0 Å². The lowest BCUT2D eigenvalue weighted by Crippen LogP contribution is -1.99. The van der Waals surface area contributed by atoms with Crippen molar-refractivity contribution in [2.45, 2.75) is 6.92 Å². The van der Waals surface area contributed by atoms with Crippen LogP contribution in [-0.2, 0) is 0 Å². The van der Waals surface area contributed by atoms with Gasteiger partial charge in [-0.1, -0.05) is 47.6 Å². The van der Waals surface area contributed by atoms with E-state index in [1.54, 1.807) is 10.9 Å². The standard InChI is InChI=1S/C17H13N5O/c1-12-7-5-6-10-14(12)16-15(11-18-23-16)17-19-20-21-22(17)13-8-3-2-4-9-13/h2-11H,1H3. The Hall–Kier alpha value is -3.28. The van der Waals surface area contributed by atoms with Gasteiger partial charge in [0.05, 0.1) is 17.4 Å². The molecule has 6 heteroatoms. The van der Waals surface area contributed by atoms with Crippen LogP contribution in [0.25, 0.3) is 28.4 Å². The lowest BCUT2D eigenvalue weighted by atomic mass is 10.0. The topological polar surface area (TPSA) is 69.6 Å². The highest BCUT2D eigenvalue weighted by Crippen LogP contribution is 2.33. The third-order valence-electron chi connectivity index (χ3n) is 3.67. The van der Waals surface area contributed by atoms with Crippen molar-refractivity contribution in [3.63, 3.8) is 0 Å². The molecule has 0 aliphatic carbocycles. The molecule has 0 amide bonds. The molecule has 0 aliphatic rings. The van der Waals surface area contributed by atoms with E-state index >= 15 is 0 Å². The Balaban J connectivity index is 1.88. The first-order valence-electron chi connectivity index (χ1n) is 7.19. The first kappa shape index (κ1) is 13.4. The SMILES string of the molecule is Cc1ccccc1-c1oncc1-c1nnnn1-c1ccccc1. The van der Waals surface area contributed by atoms with E-state index in [0.717, 1.165) is 22.4 Å². The maximum absolute atomic E-state index is 5.49. The van der Waals surface area contributed by atoms with Crippen LogP contribution in [0.3, 0.4) is 0 Å². The molecule has 0 aliphatic heterocycles. The van der Waals surface area contributed by atoms with Gasteiger partial charge in [0.2, 0.25) is 0 Å². The van der Waals surface area contributed by atoms with E-state index in [2.05, 4.69) is 20.7 Å². The van der Waals surface area contributed by atoms with Gasteiger partial charge in [-0.2, -0.15) is 4.68 Å². The van der Waals surface area contributed by atoms with Gasteiger partial charge in [0.1, 0.15) is 0 Å². The van der Waals surface area contributed by atoms with Crippen molar-refractivity contribution >= 4 is 0 Å². The molecule has 4 rings (SSSR count). The van der Waals surface area contributed by atoms with Crippen molar-refractivity contribution in [2.24, 2.45) is 0 Å². The molecular formula is C17H13N5O. The average Bonchev–Trinajstić information content (AvgIpc) is 3.25. The van der Waals surface area contributed by atoms with Crippen LogP contribution in [0.5, 0.6) is 0 Å². The molecule has 2 heterocycles. The molecule has 112 valence electrons. The van der Waals surface area contributed by atoms with Crippen LogP contribution in [0.15, 0.2) is 65.3 Å². The van der Waals surface area contributed by atoms with E-state index < -0.39 is 0 Å². The van der Waals surface area contributed by atoms with Crippen LogP contribution in [0.4, 0.5) is 0 Å². The van der Waals surface area contributed by atoms with E-state index in [1.165, 1.54) is 0 Å². The van der Waals surface area contributed by atoms with Crippen molar-refractivity contribution in [1.82, 2.24) is 25.4 Å². The maximum Gasteiger partial charge on any atom is 0.192 e. The molecule has 0 saturated carbocycles. The van der Waals surface area contributed by atoms with Crippen LogP contribution in [-0.4, -0.2) is 25.4 Å². The number of aromatic nitrogens is 5. The highest BCUT2D eigenvalue weighted by molar-refractivity contribution is 5.77. The Labute approximate surface area is 132 Å². The maximum atomic E-state index is 5.49. The highest BCUT2D eigenvalue weighted by Gasteiger charge is 2.20. The minimum atomic E-state index is 0.593. The smallest absolute Gasteiger partial charge is 0.192 e. The average molecular weight is 303 g/mol. The first-order chi connectivity index (χ1) is 11.3. The Morgan fingerprint density at radius 2 is 1.70 bits per heavy atom. The number of para-hydroxylation sites is 1. The molecule has 0 bridgehead atoms. The van der Waals surface area contributed by atoms with Crippen LogP contribution in [0, 0.1) is 6.92 Å². The highest BCUT2D eigenvalue weighted by atomic mass is 16.5. The van der Waals surface area contributed by atoms with Crippen LogP contribution >= 0.6 is 0 Å². The van der Waals surface area contributed by atoms with E-state index in [-0.39, 0.29) is 0 Å². The Morgan fingerprint density at radius 1 is 0.913 bits per heavy atom. The number of tetrazole rings is 1. The minimum absolute atomic E-state index is 0.593. The van der Waals surface area contributed by atoms with Crippen LogP contribution in [0.1, 0.15) is 5.56 Å². The molecule has 2 aromatic heterocycles. The molecule has 0 fully saturated rings. The van der Waals surface area contributed by atoms with E-state index in [9.17, 15) is 0 Å². The third kappa shape index (κ3) is 2.30. The summed E-state index contributed by atoms with van der Waals surface area (Å²) in [5, 5.41) is 16.0. The fraction of sp³-hybridized carbons (Fsp3) is 0.0588. The number of benzene rings is 2. The van der Waals surface area contributed by atoms with Crippen LogP contribution < -0.4 is 0 Å². The molecule has 0 spiro atoms. The molecule has 0 unspecified atom stereocenters. The van der Waals surface area contributed by atoms with Gasteiger partial charge in [0, 0.05) is 5.56 Å². The summed E-state index contributed by atoms with van der Waals surface area (Å²) in [6.07, 6.45) is 1.65. The fourth-order valence-electron chi connectivity index (χ4n) is 2.52. The number of aryl methyl sites for hydroxylation is 1. The van der Waals surface area contributed by atoms with Crippen molar-refractivity contribution < 1.29 is 4.52 Å². The predicted octanol–water partition coefficient (Wildman–Crippen LogP) is 3.29. The molecule has 4 aromatic rings. The Kier molecular flexibility index (Phi) is 3.20. The number of hydrogen-bond donors (Lipinski definition) is 0. The van der Waals surface area contributed by atoms with Crippen LogP contribution in [0.2, 0.25) is 0 Å². The summed E-state index contributed by atoms with van der Waals surface area (Å²) >= 11 is 0. The molecule has 0 radical (unpaired) electrons. The molecule has 0 N–H and O–H groups in total. The summed E-state index contributed by atoms with van der Waals surface area (Å²) < 4.78 is 7.16. The van der Waals surface area contributed by atoms with Crippen molar-refractivity contribution in [2.75, 3.05) is 0 Å². The lowest BCUT2D eigenvalue weighted by molar-refractivity contribution is 0.432. The summed E-state index contributed by atoms with van der Waals surface area (Å²) in [5.74, 6) is 1.26. The zero-order valence-corrected chi connectivity index (χ0v) is 12.4. The Bertz CT molecular complexity index is 942. The molecule has 23 heavy (non-hydrogen) atoms. The molecule has 0 saturated heterocycles. The summed E-state index contributed by atoms with van der Waals surface area (Å²) in [6, 6.07) is 17.7. The predicted molar refractivity (Wildman–Crippen MR) is 84.8 cm³/mol. The zero-order valence-electron chi connectivity index (χ0n) is 12.4. The second-order valence-electron chi connectivity index (χ2n) is 5.13. The summed E-state index contributed by atoms with van der Waals surface area (Å²) in [7, 11) is 0. The largest absolute Gasteiger partial charge is 0.355 e. The van der Waals surface area contributed by atoms with Gasteiger partial charge in [-0.3, -0.25) is 0 Å². The molecule has 6 nitrogen and oxygen atoms in total. The normalized spacial score (nSPS) is 10.8. The quantitative estimate of drug-likeness (QED) is 0.581. The molecule has 2 aromatic carbocycles. The fourth-order valence-corrected chi connectivity index (χ4v) is 2.52. The molecule has 0 atom stereocenters. The second-order valence-corrected chi connectivity index (χ2v) is 5.13. The summed E-state index contributed by atoms with van der Waals surface area (Å²) in [5.41, 5.74) is 3.71. The van der Waals surface area contributed by atoms with Gasteiger partial charge in [-0.15, -0.1) is 5.10 Å². The number of hydrogen-bond acceptors (Lipinski definition) is 5. The van der Waals surface area contributed by atoms with Gasteiger partial charge in [0.15, 0.2) is 11.6 Å². The minimum Gasteiger partial charge on any atom is -0.355 e.